The van der Waals surface area contributed by atoms with Crippen molar-refractivity contribution in [1.82, 2.24) is 10.2 Å². The Balaban J connectivity index is 2.66. The largest absolute Gasteiger partial charge is 0.324 e. The molecule has 0 aliphatic carbocycles. The predicted molar refractivity (Wildman–Crippen MR) is 67.4 cm³/mol. The smallest absolute Gasteiger partial charge is 0.323 e. The van der Waals surface area contributed by atoms with Crippen LogP contribution in [0.15, 0.2) is 0 Å². The van der Waals surface area contributed by atoms with Gasteiger partial charge in [-0.2, -0.15) is 0 Å². The molecule has 17 heavy (non-hydrogen) atoms. The number of hydrogen-bond donors (Lipinski definition) is 1. The number of amides is 3. The van der Waals surface area contributed by atoms with Crippen LogP contribution in [0.25, 0.3) is 0 Å². The molecule has 4 heteroatoms. The van der Waals surface area contributed by atoms with Crippen molar-refractivity contribution < 1.29 is 9.59 Å². The highest BCUT2D eigenvalue weighted by molar-refractivity contribution is 5.97. The molecule has 1 unspecified atom stereocenters. The Bertz CT molecular complexity index is 292. The highest BCUT2D eigenvalue weighted by Gasteiger charge is 2.31. The number of imide groups is 1. The van der Waals surface area contributed by atoms with Crippen LogP contribution in [-0.2, 0) is 4.79 Å². The zero-order valence-electron chi connectivity index (χ0n) is 11.5. The maximum atomic E-state index is 11.7. The van der Waals surface area contributed by atoms with Gasteiger partial charge in [0.2, 0.25) is 5.91 Å². The SMILES string of the molecule is CC1CN(CC(C(C)C)C(C)C)C(=O)NC1=O. The summed E-state index contributed by atoms with van der Waals surface area (Å²) in [5.74, 6) is 1.29. The molecule has 1 aliphatic rings. The average Bonchev–Trinajstić information content (AvgIpc) is 2.20. The summed E-state index contributed by atoms with van der Waals surface area (Å²) in [5, 5.41) is 2.41. The van der Waals surface area contributed by atoms with Crippen LogP contribution >= 0.6 is 0 Å². The van der Waals surface area contributed by atoms with E-state index in [-0.39, 0.29) is 17.9 Å². The molecule has 1 N–H and O–H groups in total. The second-order valence-electron chi connectivity index (χ2n) is 5.75. The Morgan fingerprint density at radius 3 is 2.24 bits per heavy atom. The van der Waals surface area contributed by atoms with E-state index in [2.05, 4.69) is 33.0 Å². The van der Waals surface area contributed by atoms with Crippen molar-refractivity contribution in [2.75, 3.05) is 13.1 Å². The minimum atomic E-state index is -0.237. The molecule has 0 aromatic rings. The van der Waals surface area contributed by atoms with Crippen molar-refractivity contribution in [1.29, 1.82) is 0 Å². The zero-order chi connectivity index (χ0) is 13.2. The minimum Gasteiger partial charge on any atom is -0.323 e. The van der Waals surface area contributed by atoms with Crippen LogP contribution in [0, 0.1) is 23.7 Å². The zero-order valence-corrected chi connectivity index (χ0v) is 11.5. The molecule has 0 radical (unpaired) electrons. The van der Waals surface area contributed by atoms with Gasteiger partial charge in [0, 0.05) is 13.1 Å². The lowest BCUT2D eigenvalue weighted by Crippen LogP contribution is -2.55. The van der Waals surface area contributed by atoms with Gasteiger partial charge >= 0.3 is 6.03 Å². The van der Waals surface area contributed by atoms with Crippen molar-refractivity contribution >= 4 is 11.9 Å². The van der Waals surface area contributed by atoms with Crippen LogP contribution in [0.4, 0.5) is 4.79 Å². The first-order valence-corrected chi connectivity index (χ1v) is 6.42. The lowest BCUT2D eigenvalue weighted by atomic mass is 9.85. The van der Waals surface area contributed by atoms with E-state index in [4.69, 9.17) is 0 Å². The summed E-state index contributed by atoms with van der Waals surface area (Å²) in [5.41, 5.74) is 0. The Morgan fingerprint density at radius 1 is 1.24 bits per heavy atom. The van der Waals surface area contributed by atoms with Gasteiger partial charge in [-0.05, 0) is 17.8 Å². The van der Waals surface area contributed by atoms with Crippen molar-refractivity contribution in [3.8, 4) is 0 Å². The maximum Gasteiger partial charge on any atom is 0.324 e. The molecular weight excluding hydrogens is 216 g/mol. The van der Waals surface area contributed by atoms with E-state index in [1.807, 2.05) is 6.92 Å². The molecule has 0 saturated carbocycles. The van der Waals surface area contributed by atoms with Crippen molar-refractivity contribution in [3.05, 3.63) is 0 Å². The number of nitrogens with zero attached hydrogens (tertiary/aromatic N) is 1. The van der Waals surface area contributed by atoms with E-state index < -0.39 is 0 Å². The molecule has 0 aromatic carbocycles. The molecule has 4 nitrogen and oxygen atoms in total. The summed E-state index contributed by atoms with van der Waals surface area (Å²) in [7, 11) is 0. The maximum absolute atomic E-state index is 11.7. The third-order valence-corrected chi connectivity index (χ3v) is 3.60. The Kier molecular flexibility index (Phi) is 4.54. The molecule has 1 fully saturated rings. The van der Waals surface area contributed by atoms with Gasteiger partial charge < -0.3 is 4.90 Å². The lowest BCUT2D eigenvalue weighted by Gasteiger charge is -2.35. The van der Waals surface area contributed by atoms with Crippen LogP contribution in [-0.4, -0.2) is 29.9 Å². The van der Waals surface area contributed by atoms with E-state index in [1.54, 1.807) is 4.90 Å². The van der Waals surface area contributed by atoms with Gasteiger partial charge in [-0.25, -0.2) is 4.79 Å². The van der Waals surface area contributed by atoms with Gasteiger partial charge in [0.15, 0.2) is 0 Å². The van der Waals surface area contributed by atoms with Crippen molar-refractivity contribution in [2.45, 2.75) is 34.6 Å². The average molecular weight is 240 g/mol. The molecule has 98 valence electrons. The Morgan fingerprint density at radius 2 is 1.76 bits per heavy atom. The van der Waals surface area contributed by atoms with E-state index >= 15 is 0 Å². The fourth-order valence-electron chi connectivity index (χ4n) is 2.41. The van der Waals surface area contributed by atoms with Crippen LogP contribution in [0.1, 0.15) is 34.6 Å². The normalized spacial score (nSPS) is 21.6. The highest BCUT2D eigenvalue weighted by atomic mass is 16.2. The van der Waals surface area contributed by atoms with E-state index in [0.717, 1.165) is 6.54 Å². The molecule has 0 aromatic heterocycles. The number of carbonyl (C=O) groups excluding carboxylic acids is 2. The number of hydrogen-bond acceptors (Lipinski definition) is 2. The standard InChI is InChI=1S/C13H24N2O2/c1-8(2)11(9(3)4)7-15-6-10(5)12(16)14-13(15)17/h8-11H,6-7H2,1-5H3,(H,14,16,17). The van der Waals surface area contributed by atoms with Gasteiger partial charge in [0.1, 0.15) is 0 Å². The fourth-order valence-corrected chi connectivity index (χ4v) is 2.41. The quantitative estimate of drug-likeness (QED) is 0.818. The number of nitrogens with one attached hydrogen (secondary N) is 1. The predicted octanol–water partition coefficient (Wildman–Crippen LogP) is 2.10. The van der Waals surface area contributed by atoms with Crippen LogP contribution in [0.3, 0.4) is 0 Å². The highest BCUT2D eigenvalue weighted by Crippen LogP contribution is 2.23. The van der Waals surface area contributed by atoms with Crippen LogP contribution < -0.4 is 5.32 Å². The van der Waals surface area contributed by atoms with Gasteiger partial charge in [0.05, 0.1) is 5.92 Å². The van der Waals surface area contributed by atoms with Crippen molar-refractivity contribution in [2.24, 2.45) is 23.7 Å². The first-order valence-electron chi connectivity index (χ1n) is 6.42. The monoisotopic (exact) mass is 240 g/mol. The second kappa shape index (κ2) is 5.52. The summed E-state index contributed by atoms with van der Waals surface area (Å²) in [4.78, 5) is 24.8. The topological polar surface area (TPSA) is 49.4 Å². The van der Waals surface area contributed by atoms with Gasteiger partial charge in [-0.15, -0.1) is 0 Å². The summed E-state index contributed by atoms with van der Waals surface area (Å²) in [6.07, 6.45) is 0. The third-order valence-electron chi connectivity index (χ3n) is 3.60. The number of carbonyl (C=O) groups is 2. The first kappa shape index (κ1) is 14.0. The lowest BCUT2D eigenvalue weighted by molar-refractivity contribution is -0.125. The van der Waals surface area contributed by atoms with Gasteiger partial charge in [-0.1, -0.05) is 34.6 Å². The number of rotatable bonds is 4. The molecule has 0 spiro atoms. The Labute approximate surface area is 104 Å². The molecule has 1 saturated heterocycles. The molecule has 1 aliphatic heterocycles. The molecule has 1 rings (SSSR count). The van der Waals surface area contributed by atoms with E-state index in [0.29, 0.717) is 24.3 Å². The summed E-state index contributed by atoms with van der Waals surface area (Å²) >= 11 is 0. The molecule has 3 amide bonds. The second-order valence-corrected chi connectivity index (χ2v) is 5.75. The molecular formula is C13H24N2O2. The fraction of sp³-hybridized carbons (Fsp3) is 0.846. The molecule has 1 heterocycles. The Hall–Kier alpha value is -1.06. The molecule has 1 atom stereocenters. The van der Waals surface area contributed by atoms with Crippen LogP contribution in [0.2, 0.25) is 0 Å². The molecule has 0 bridgehead atoms. The summed E-state index contributed by atoms with van der Waals surface area (Å²) in [6.45, 7) is 11.9. The third kappa shape index (κ3) is 3.45. The summed E-state index contributed by atoms with van der Waals surface area (Å²) in [6, 6.07) is -0.237. The summed E-state index contributed by atoms with van der Waals surface area (Å²) < 4.78 is 0. The minimum absolute atomic E-state index is 0.104. The van der Waals surface area contributed by atoms with E-state index in [9.17, 15) is 9.59 Å². The van der Waals surface area contributed by atoms with Gasteiger partial charge in [-0.3, -0.25) is 10.1 Å². The van der Waals surface area contributed by atoms with Gasteiger partial charge in [0.25, 0.3) is 0 Å². The number of urea groups is 1. The van der Waals surface area contributed by atoms with Crippen molar-refractivity contribution in [3.63, 3.8) is 0 Å². The first-order chi connectivity index (χ1) is 7.82. The van der Waals surface area contributed by atoms with E-state index in [1.165, 1.54) is 0 Å². The van der Waals surface area contributed by atoms with Crippen LogP contribution in [0.5, 0.6) is 0 Å².